The van der Waals surface area contributed by atoms with E-state index in [1.54, 1.807) is 24.3 Å². The molecule has 1 aliphatic rings. The Labute approximate surface area is 116 Å². The van der Waals surface area contributed by atoms with E-state index in [1.807, 2.05) is 0 Å². The van der Waals surface area contributed by atoms with Crippen LogP contribution in [0.15, 0.2) is 24.3 Å². The average Bonchev–Trinajstić information content (AvgIpc) is 2.39. The lowest BCUT2D eigenvalue weighted by Gasteiger charge is -2.26. The van der Waals surface area contributed by atoms with E-state index < -0.39 is 5.97 Å². The molecule has 1 saturated carbocycles. The van der Waals surface area contributed by atoms with E-state index in [0.29, 0.717) is 36.3 Å². The third-order valence-electron chi connectivity index (χ3n) is 3.50. The maximum Gasteiger partial charge on any atom is 0.306 e. The van der Waals surface area contributed by atoms with Crippen LogP contribution in [0.4, 0.5) is 0 Å². The summed E-state index contributed by atoms with van der Waals surface area (Å²) in [6, 6.07) is 6.85. The zero-order valence-corrected chi connectivity index (χ0v) is 11.2. The second-order valence-electron chi connectivity index (χ2n) is 4.87. The third kappa shape index (κ3) is 3.70. The van der Waals surface area contributed by atoms with E-state index in [2.05, 4.69) is 5.32 Å². The van der Waals surface area contributed by atoms with Crippen molar-refractivity contribution in [2.75, 3.05) is 0 Å². The Morgan fingerprint density at radius 3 is 2.47 bits per heavy atom. The predicted molar refractivity (Wildman–Crippen MR) is 72.3 cm³/mol. The second-order valence-corrected chi connectivity index (χ2v) is 5.31. The molecule has 19 heavy (non-hydrogen) atoms. The van der Waals surface area contributed by atoms with Gasteiger partial charge in [0.1, 0.15) is 0 Å². The Bertz CT molecular complexity index is 481. The van der Waals surface area contributed by atoms with Crippen LogP contribution in [0.5, 0.6) is 0 Å². The number of hydrogen-bond acceptors (Lipinski definition) is 2. The van der Waals surface area contributed by atoms with Crippen LogP contribution in [-0.4, -0.2) is 23.0 Å². The van der Waals surface area contributed by atoms with E-state index in [-0.39, 0.29) is 17.9 Å². The molecule has 5 heteroatoms. The monoisotopic (exact) mass is 281 g/mol. The molecule has 102 valence electrons. The molecule has 0 aliphatic heterocycles. The van der Waals surface area contributed by atoms with Gasteiger partial charge in [0.2, 0.25) is 0 Å². The number of carboxylic acid groups (broad SMARTS) is 1. The molecule has 1 amide bonds. The SMILES string of the molecule is O=C(NC1CCC(C(=O)O)CC1)c1cccc(Cl)c1. The molecule has 1 aromatic rings. The second kappa shape index (κ2) is 6.06. The fraction of sp³-hybridized carbons (Fsp3) is 0.429. The molecule has 1 aromatic carbocycles. The van der Waals surface area contributed by atoms with E-state index in [0.717, 1.165) is 0 Å². The van der Waals surface area contributed by atoms with Gasteiger partial charge in [0.25, 0.3) is 5.91 Å². The Balaban J connectivity index is 1.89. The van der Waals surface area contributed by atoms with Crippen LogP contribution in [0.1, 0.15) is 36.0 Å². The maximum atomic E-state index is 12.0. The molecule has 0 heterocycles. The summed E-state index contributed by atoms with van der Waals surface area (Å²) in [5.41, 5.74) is 0.535. The van der Waals surface area contributed by atoms with Crippen LogP contribution in [0.25, 0.3) is 0 Å². The molecule has 0 aromatic heterocycles. The van der Waals surface area contributed by atoms with Gasteiger partial charge in [0, 0.05) is 16.6 Å². The summed E-state index contributed by atoms with van der Waals surface area (Å²) in [6.45, 7) is 0. The number of aliphatic carboxylic acids is 1. The number of nitrogens with one attached hydrogen (secondary N) is 1. The highest BCUT2D eigenvalue weighted by Crippen LogP contribution is 2.24. The molecule has 1 fully saturated rings. The van der Waals surface area contributed by atoms with Crippen molar-refractivity contribution in [3.8, 4) is 0 Å². The van der Waals surface area contributed by atoms with Gasteiger partial charge in [-0.25, -0.2) is 0 Å². The molecule has 4 nitrogen and oxygen atoms in total. The average molecular weight is 282 g/mol. The molecule has 1 aliphatic carbocycles. The summed E-state index contributed by atoms with van der Waals surface area (Å²) in [4.78, 5) is 22.8. The number of benzene rings is 1. The van der Waals surface area contributed by atoms with Crippen LogP contribution >= 0.6 is 11.6 Å². The van der Waals surface area contributed by atoms with Crippen molar-refractivity contribution >= 4 is 23.5 Å². The van der Waals surface area contributed by atoms with Gasteiger partial charge in [0.15, 0.2) is 0 Å². The minimum atomic E-state index is -0.736. The van der Waals surface area contributed by atoms with Crippen LogP contribution in [-0.2, 0) is 4.79 Å². The highest BCUT2D eigenvalue weighted by molar-refractivity contribution is 6.30. The Morgan fingerprint density at radius 1 is 1.21 bits per heavy atom. The Hall–Kier alpha value is -1.55. The molecule has 0 spiro atoms. The number of rotatable bonds is 3. The van der Waals surface area contributed by atoms with Gasteiger partial charge >= 0.3 is 5.97 Å². The number of halogens is 1. The first-order valence-corrected chi connectivity index (χ1v) is 6.73. The standard InChI is InChI=1S/C14H16ClNO3/c15-11-3-1-2-10(8-11)13(17)16-12-6-4-9(5-7-12)14(18)19/h1-3,8-9,12H,4-7H2,(H,16,17)(H,18,19). The maximum absolute atomic E-state index is 12.0. The number of hydrogen-bond donors (Lipinski definition) is 2. The summed E-state index contributed by atoms with van der Waals surface area (Å²) < 4.78 is 0. The number of carboxylic acids is 1. The molecule has 2 N–H and O–H groups in total. The number of carbonyl (C=O) groups excluding carboxylic acids is 1. The lowest BCUT2D eigenvalue weighted by molar-refractivity contribution is -0.142. The van der Waals surface area contributed by atoms with Crippen LogP contribution in [0.2, 0.25) is 5.02 Å². The minimum Gasteiger partial charge on any atom is -0.481 e. The highest BCUT2D eigenvalue weighted by Gasteiger charge is 2.26. The zero-order chi connectivity index (χ0) is 13.8. The van der Waals surface area contributed by atoms with E-state index in [4.69, 9.17) is 16.7 Å². The summed E-state index contributed by atoms with van der Waals surface area (Å²) in [5.74, 6) is -1.15. The van der Waals surface area contributed by atoms with Crippen molar-refractivity contribution in [3.05, 3.63) is 34.9 Å². The first-order chi connectivity index (χ1) is 9.06. The molecular formula is C14H16ClNO3. The molecule has 0 atom stereocenters. The van der Waals surface area contributed by atoms with Crippen molar-refractivity contribution < 1.29 is 14.7 Å². The van der Waals surface area contributed by atoms with Gasteiger partial charge in [0.05, 0.1) is 5.92 Å². The van der Waals surface area contributed by atoms with Gasteiger partial charge in [-0.05, 0) is 43.9 Å². The van der Waals surface area contributed by atoms with E-state index in [1.165, 1.54) is 0 Å². The first-order valence-electron chi connectivity index (χ1n) is 6.35. The van der Waals surface area contributed by atoms with Crippen LogP contribution in [0.3, 0.4) is 0 Å². The van der Waals surface area contributed by atoms with Gasteiger partial charge in [-0.15, -0.1) is 0 Å². The summed E-state index contributed by atoms with van der Waals surface area (Å²) >= 11 is 5.84. The van der Waals surface area contributed by atoms with Gasteiger partial charge in [-0.3, -0.25) is 9.59 Å². The van der Waals surface area contributed by atoms with Crippen molar-refractivity contribution in [1.29, 1.82) is 0 Å². The number of amides is 1. The predicted octanol–water partition coefficient (Wildman–Crippen LogP) is 2.71. The first kappa shape index (κ1) is 13.9. The molecule has 0 radical (unpaired) electrons. The van der Waals surface area contributed by atoms with Crippen LogP contribution in [0, 0.1) is 5.92 Å². The van der Waals surface area contributed by atoms with Crippen molar-refractivity contribution in [1.82, 2.24) is 5.32 Å². The summed E-state index contributed by atoms with van der Waals surface area (Å²) in [6.07, 6.45) is 2.66. The summed E-state index contributed by atoms with van der Waals surface area (Å²) in [7, 11) is 0. The van der Waals surface area contributed by atoms with Crippen LogP contribution < -0.4 is 5.32 Å². The topological polar surface area (TPSA) is 66.4 Å². The van der Waals surface area contributed by atoms with Gasteiger partial charge in [-0.2, -0.15) is 0 Å². The molecule has 0 saturated heterocycles. The Morgan fingerprint density at radius 2 is 1.89 bits per heavy atom. The third-order valence-corrected chi connectivity index (χ3v) is 3.73. The molecule has 0 bridgehead atoms. The smallest absolute Gasteiger partial charge is 0.306 e. The lowest BCUT2D eigenvalue weighted by Crippen LogP contribution is -2.38. The normalized spacial score (nSPS) is 22.8. The van der Waals surface area contributed by atoms with Crippen molar-refractivity contribution in [2.24, 2.45) is 5.92 Å². The van der Waals surface area contributed by atoms with Crippen molar-refractivity contribution in [3.63, 3.8) is 0 Å². The fourth-order valence-corrected chi connectivity index (χ4v) is 2.57. The van der Waals surface area contributed by atoms with E-state index >= 15 is 0 Å². The minimum absolute atomic E-state index is 0.0575. The zero-order valence-electron chi connectivity index (χ0n) is 10.4. The van der Waals surface area contributed by atoms with Crippen molar-refractivity contribution in [2.45, 2.75) is 31.7 Å². The van der Waals surface area contributed by atoms with E-state index in [9.17, 15) is 9.59 Å². The van der Waals surface area contributed by atoms with Gasteiger partial charge in [-0.1, -0.05) is 17.7 Å². The van der Waals surface area contributed by atoms with Gasteiger partial charge < -0.3 is 10.4 Å². The summed E-state index contributed by atoms with van der Waals surface area (Å²) in [5, 5.41) is 12.4. The number of carbonyl (C=O) groups is 2. The largest absolute Gasteiger partial charge is 0.481 e. The molecule has 0 unspecified atom stereocenters. The lowest BCUT2D eigenvalue weighted by atomic mass is 9.86. The molecule has 2 rings (SSSR count). The molecular weight excluding hydrogens is 266 g/mol. The quantitative estimate of drug-likeness (QED) is 0.895. The fourth-order valence-electron chi connectivity index (χ4n) is 2.38. The highest BCUT2D eigenvalue weighted by atomic mass is 35.5. The Kier molecular flexibility index (Phi) is 4.43.